The van der Waals surface area contributed by atoms with Gasteiger partial charge in [-0.1, -0.05) is 0 Å². The Morgan fingerprint density at radius 2 is 2.10 bits per heavy atom. The van der Waals surface area contributed by atoms with E-state index in [1.165, 1.54) is 30.5 Å². The molecule has 20 heavy (non-hydrogen) atoms. The van der Waals surface area contributed by atoms with Gasteiger partial charge in [0, 0.05) is 17.6 Å². The van der Waals surface area contributed by atoms with Gasteiger partial charge in [0.15, 0.2) is 6.04 Å². The van der Waals surface area contributed by atoms with Gasteiger partial charge < -0.3 is 15.5 Å². The summed E-state index contributed by atoms with van der Waals surface area (Å²) in [7, 11) is 0. The molecule has 1 aromatic carbocycles. The van der Waals surface area contributed by atoms with Crippen molar-refractivity contribution in [2.75, 3.05) is 6.61 Å². The number of aliphatic hydroxyl groups excluding tert-OH is 1. The second-order valence-electron chi connectivity index (χ2n) is 4.11. The van der Waals surface area contributed by atoms with Crippen LogP contribution >= 0.6 is 0 Å². The molecule has 3 N–H and O–H groups in total. The normalized spacial score (nSPS) is 12.1. The lowest BCUT2D eigenvalue weighted by Gasteiger charge is -2.11. The van der Waals surface area contributed by atoms with Gasteiger partial charge in [0.25, 0.3) is 5.91 Å². The molecule has 0 spiro atoms. The smallest absolute Gasteiger partial charge is 0.328 e. The molecule has 0 aliphatic heterocycles. The van der Waals surface area contributed by atoms with Gasteiger partial charge in [-0.25, -0.2) is 9.18 Å². The number of nitrogens with zero attached hydrogens (tertiary/aromatic N) is 1. The van der Waals surface area contributed by atoms with E-state index in [4.69, 9.17) is 10.2 Å². The Kier molecular flexibility index (Phi) is 3.90. The van der Waals surface area contributed by atoms with Gasteiger partial charge in [-0.05, 0) is 18.2 Å². The molecule has 2 rings (SSSR count). The summed E-state index contributed by atoms with van der Waals surface area (Å²) < 4.78 is 13.0. The van der Waals surface area contributed by atoms with Crippen molar-refractivity contribution in [1.29, 1.82) is 0 Å². The quantitative estimate of drug-likeness (QED) is 0.758. The first kappa shape index (κ1) is 13.9. The summed E-state index contributed by atoms with van der Waals surface area (Å²) in [6.45, 7) is -0.715. The van der Waals surface area contributed by atoms with Gasteiger partial charge in [0.05, 0.1) is 17.7 Å². The Bertz CT molecular complexity index is 674. The third kappa shape index (κ3) is 2.89. The van der Waals surface area contributed by atoms with Crippen molar-refractivity contribution in [2.45, 2.75) is 6.04 Å². The molecule has 7 heteroatoms. The number of rotatable bonds is 4. The Labute approximate surface area is 112 Å². The minimum Gasteiger partial charge on any atom is -0.480 e. The standard InChI is InChI=1S/C13H11FN2O4/c14-9-2-1-7-3-8(5-15-10(7)4-9)12(18)16-11(6-17)13(19)20/h1-5,11,17H,6H2,(H,16,18)(H,19,20). The van der Waals surface area contributed by atoms with Crippen molar-refractivity contribution in [1.82, 2.24) is 10.3 Å². The number of halogens is 1. The number of fused-ring (bicyclic) bond motifs is 1. The molecule has 1 atom stereocenters. The minimum atomic E-state index is -1.38. The van der Waals surface area contributed by atoms with E-state index in [0.717, 1.165) is 0 Å². The van der Waals surface area contributed by atoms with Crippen LogP contribution in [0.15, 0.2) is 30.5 Å². The number of aliphatic carboxylic acids is 1. The van der Waals surface area contributed by atoms with E-state index in [-0.39, 0.29) is 5.56 Å². The molecule has 0 bridgehead atoms. The molecule has 0 saturated carbocycles. The second kappa shape index (κ2) is 5.62. The highest BCUT2D eigenvalue weighted by molar-refractivity contribution is 5.99. The predicted molar refractivity (Wildman–Crippen MR) is 67.7 cm³/mol. The average molecular weight is 278 g/mol. The SMILES string of the molecule is O=C(NC(CO)C(=O)O)c1cnc2cc(F)ccc2c1. The molecule has 1 amide bonds. The van der Waals surface area contributed by atoms with E-state index in [1.807, 2.05) is 0 Å². The number of amides is 1. The maximum Gasteiger partial charge on any atom is 0.328 e. The van der Waals surface area contributed by atoms with Gasteiger partial charge in [-0.2, -0.15) is 0 Å². The largest absolute Gasteiger partial charge is 0.480 e. The monoisotopic (exact) mass is 278 g/mol. The van der Waals surface area contributed by atoms with Crippen LogP contribution in [0, 0.1) is 5.82 Å². The average Bonchev–Trinajstić information content (AvgIpc) is 2.43. The van der Waals surface area contributed by atoms with Crippen LogP contribution < -0.4 is 5.32 Å². The van der Waals surface area contributed by atoms with Gasteiger partial charge >= 0.3 is 5.97 Å². The van der Waals surface area contributed by atoms with E-state index in [9.17, 15) is 14.0 Å². The number of carboxylic acid groups (broad SMARTS) is 1. The number of nitrogens with one attached hydrogen (secondary N) is 1. The Morgan fingerprint density at radius 1 is 1.35 bits per heavy atom. The van der Waals surface area contributed by atoms with Gasteiger partial charge in [-0.15, -0.1) is 0 Å². The van der Waals surface area contributed by atoms with Gasteiger partial charge in [0.2, 0.25) is 0 Å². The molecule has 104 valence electrons. The highest BCUT2D eigenvalue weighted by Crippen LogP contribution is 2.14. The van der Waals surface area contributed by atoms with Gasteiger partial charge in [-0.3, -0.25) is 9.78 Å². The number of benzene rings is 1. The molecule has 6 nitrogen and oxygen atoms in total. The molecule has 2 aromatic rings. The first-order valence-corrected chi connectivity index (χ1v) is 5.71. The van der Waals surface area contributed by atoms with Crippen LogP contribution in [0.2, 0.25) is 0 Å². The Balaban J connectivity index is 2.26. The summed E-state index contributed by atoms with van der Waals surface area (Å²) in [6, 6.07) is 4.01. The second-order valence-corrected chi connectivity index (χ2v) is 4.11. The van der Waals surface area contributed by atoms with Crippen LogP contribution in [0.5, 0.6) is 0 Å². The fourth-order valence-electron chi connectivity index (χ4n) is 1.65. The fraction of sp³-hybridized carbons (Fsp3) is 0.154. The number of pyridine rings is 1. The molecule has 1 heterocycles. The zero-order valence-corrected chi connectivity index (χ0v) is 10.2. The molecule has 0 aliphatic carbocycles. The maximum absolute atomic E-state index is 13.0. The Morgan fingerprint density at radius 3 is 2.75 bits per heavy atom. The lowest BCUT2D eigenvalue weighted by Crippen LogP contribution is -2.43. The summed E-state index contributed by atoms with van der Waals surface area (Å²) in [5, 5.41) is 20.3. The molecule has 0 saturated heterocycles. The molecule has 1 aromatic heterocycles. The van der Waals surface area contributed by atoms with Crippen LogP contribution in [-0.4, -0.2) is 39.7 Å². The van der Waals surface area contributed by atoms with Crippen LogP contribution in [0.3, 0.4) is 0 Å². The molecule has 0 fully saturated rings. The number of carboxylic acids is 1. The number of carbonyl (C=O) groups excluding carboxylic acids is 1. The summed E-state index contributed by atoms with van der Waals surface area (Å²) in [5.41, 5.74) is 0.516. The van der Waals surface area contributed by atoms with Gasteiger partial charge in [0.1, 0.15) is 5.82 Å². The van der Waals surface area contributed by atoms with Crippen molar-refractivity contribution >= 4 is 22.8 Å². The van der Waals surface area contributed by atoms with Crippen LogP contribution in [-0.2, 0) is 4.79 Å². The third-order valence-electron chi connectivity index (χ3n) is 2.69. The van der Waals surface area contributed by atoms with Crippen molar-refractivity contribution < 1.29 is 24.2 Å². The number of hydrogen-bond donors (Lipinski definition) is 3. The van der Waals surface area contributed by atoms with Crippen LogP contribution in [0.1, 0.15) is 10.4 Å². The molecular formula is C13H11FN2O4. The number of aliphatic hydroxyl groups is 1. The highest BCUT2D eigenvalue weighted by atomic mass is 19.1. The lowest BCUT2D eigenvalue weighted by atomic mass is 10.1. The molecular weight excluding hydrogens is 267 g/mol. The summed E-state index contributed by atoms with van der Waals surface area (Å²) >= 11 is 0. The summed E-state index contributed by atoms with van der Waals surface area (Å²) in [5.74, 6) is -2.45. The minimum absolute atomic E-state index is 0.129. The third-order valence-corrected chi connectivity index (χ3v) is 2.69. The topological polar surface area (TPSA) is 99.5 Å². The zero-order chi connectivity index (χ0) is 14.7. The van der Waals surface area contributed by atoms with E-state index in [0.29, 0.717) is 10.9 Å². The van der Waals surface area contributed by atoms with Crippen molar-refractivity contribution in [3.8, 4) is 0 Å². The van der Waals surface area contributed by atoms with Crippen molar-refractivity contribution in [3.63, 3.8) is 0 Å². The first-order valence-electron chi connectivity index (χ1n) is 5.71. The number of hydrogen-bond acceptors (Lipinski definition) is 4. The predicted octanol–water partition coefficient (Wildman–Crippen LogP) is 0.549. The van der Waals surface area contributed by atoms with E-state index in [2.05, 4.69) is 10.3 Å². The van der Waals surface area contributed by atoms with E-state index < -0.39 is 30.3 Å². The number of carbonyl (C=O) groups is 2. The molecule has 1 unspecified atom stereocenters. The maximum atomic E-state index is 13.0. The van der Waals surface area contributed by atoms with Crippen molar-refractivity contribution in [3.05, 3.63) is 41.8 Å². The number of aromatic nitrogens is 1. The van der Waals surface area contributed by atoms with Crippen LogP contribution in [0.25, 0.3) is 10.9 Å². The summed E-state index contributed by atoms with van der Waals surface area (Å²) in [6.07, 6.45) is 1.22. The Hall–Kier alpha value is -2.54. The van der Waals surface area contributed by atoms with E-state index >= 15 is 0 Å². The van der Waals surface area contributed by atoms with Crippen LogP contribution in [0.4, 0.5) is 4.39 Å². The van der Waals surface area contributed by atoms with Crippen molar-refractivity contribution in [2.24, 2.45) is 0 Å². The first-order chi connectivity index (χ1) is 9.51. The fourth-order valence-corrected chi connectivity index (χ4v) is 1.65. The zero-order valence-electron chi connectivity index (χ0n) is 10.2. The lowest BCUT2D eigenvalue weighted by molar-refractivity contribution is -0.140. The summed E-state index contributed by atoms with van der Waals surface area (Å²) in [4.78, 5) is 26.5. The highest BCUT2D eigenvalue weighted by Gasteiger charge is 2.19. The van der Waals surface area contributed by atoms with E-state index in [1.54, 1.807) is 0 Å². The molecule has 0 aliphatic rings. The molecule has 0 radical (unpaired) electrons.